The first kappa shape index (κ1) is 15.0. The second kappa shape index (κ2) is 6.16. The third-order valence-corrected chi connectivity index (χ3v) is 4.29. The number of anilines is 1. The molecule has 0 fully saturated rings. The number of benzene rings is 2. The first-order valence-electron chi connectivity index (χ1n) is 7.50. The fraction of sp³-hybridized carbons (Fsp3) is 0.176. The number of hydrogen-bond acceptors (Lipinski definition) is 5. The van der Waals surface area contributed by atoms with Crippen LogP contribution in [0.1, 0.15) is 11.4 Å². The Balaban J connectivity index is 1.51. The number of nitrogens with one attached hydrogen (secondary N) is 2. The fourth-order valence-corrected chi connectivity index (χ4v) is 3.17. The molecule has 24 heavy (non-hydrogen) atoms. The Morgan fingerprint density at radius 2 is 2.17 bits per heavy atom. The minimum absolute atomic E-state index is 0.267. The van der Waals surface area contributed by atoms with Crippen molar-refractivity contribution in [2.75, 3.05) is 12.1 Å². The molecule has 6 nitrogen and oxygen atoms in total. The van der Waals surface area contributed by atoms with Gasteiger partial charge < -0.3 is 14.8 Å². The maximum absolute atomic E-state index is 5.45. The molecule has 0 atom stereocenters. The van der Waals surface area contributed by atoms with Gasteiger partial charge in [-0.15, -0.1) is 0 Å². The number of aromatic nitrogens is 3. The number of aromatic amines is 1. The Kier molecular flexibility index (Phi) is 3.86. The van der Waals surface area contributed by atoms with Crippen molar-refractivity contribution in [1.82, 2.24) is 15.2 Å². The topological polar surface area (TPSA) is 72.1 Å². The molecule has 0 unspecified atom stereocenters. The molecule has 0 radical (unpaired) electrons. The van der Waals surface area contributed by atoms with Gasteiger partial charge in [-0.3, -0.25) is 5.10 Å². The van der Waals surface area contributed by atoms with Crippen molar-refractivity contribution >= 4 is 21.6 Å². The van der Waals surface area contributed by atoms with Gasteiger partial charge in [0.05, 0.1) is 4.47 Å². The summed E-state index contributed by atoms with van der Waals surface area (Å²) in [6.07, 6.45) is 0. The first-order chi connectivity index (χ1) is 11.7. The van der Waals surface area contributed by atoms with Crippen LogP contribution in [0.3, 0.4) is 0 Å². The van der Waals surface area contributed by atoms with E-state index in [4.69, 9.17) is 9.47 Å². The van der Waals surface area contributed by atoms with Crippen molar-refractivity contribution in [3.05, 3.63) is 52.3 Å². The third kappa shape index (κ3) is 2.94. The van der Waals surface area contributed by atoms with E-state index < -0.39 is 0 Å². The number of nitrogens with zero attached hydrogens (tertiary/aromatic N) is 2. The van der Waals surface area contributed by atoms with Crippen molar-refractivity contribution in [2.24, 2.45) is 0 Å². The molecule has 0 saturated heterocycles. The molecule has 0 amide bonds. The summed E-state index contributed by atoms with van der Waals surface area (Å²) in [5, 5.41) is 10.5. The normalized spacial score (nSPS) is 12.4. The number of halogens is 1. The smallest absolute Gasteiger partial charge is 0.231 e. The summed E-state index contributed by atoms with van der Waals surface area (Å²) < 4.78 is 11.8. The molecule has 7 heteroatoms. The lowest BCUT2D eigenvalue weighted by atomic mass is 10.1. The van der Waals surface area contributed by atoms with Gasteiger partial charge in [0.2, 0.25) is 6.79 Å². The Bertz CT molecular complexity index is 894. The van der Waals surface area contributed by atoms with Crippen LogP contribution in [-0.2, 0) is 6.54 Å². The van der Waals surface area contributed by atoms with Gasteiger partial charge in [0.1, 0.15) is 5.82 Å². The number of rotatable bonds is 4. The molecule has 1 aliphatic heterocycles. The van der Waals surface area contributed by atoms with Gasteiger partial charge in [-0.2, -0.15) is 5.10 Å². The van der Waals surface area contributed by atoms with E-state index in [1.54, 1.807) is 0 Å². The van der Waals surface area contributed by atoms with Crippen LogP contribution in [0, 0.1) is 6.92 Å². The molecule has 0 aliphatic carbocycles. The van der Waals surface area contributed by atoms with E-state index in [9.17, 15) is 0 Å². The molecule has 0 spiro atoms. The predicted octanol–water partition coefficient (Wildman–Crippen LogP) is 3.88. The lowest BCUT2D eigenvalue weighted by Gasteiger charge is -2.09. The number of fused-ring (bicyclic) bond motifs is 1. The van der Waals surface area contributed by atoms with Gasteiger partial charge >= 0.3 is 0 Å². The number of aryl methyl sites for hydroxylation is 1. The Morgan fingerprint density at radius 1 is 1.25 bits per heavy atom. The first-order valence-corrected chi connectivity index (χ1v) is 8.30. The summed E-state index contributed by atoms with van der Waals surface area (Å²) in [7, 11) is 0. The minimum Gasteiger partial charge on any atom is -0.454 e. The Labute approximate surface area is 147 Å². The Hall–Kier alpha value is -2.54. The van der Waals surface area contributed by atoms with E-state index >= 15 is 0 Å². The molecule has 4 rings (SSSR count). The van der Waals surface area contributed by atoms with Crippen LogP contribution in [0.5, 0.6) is 11.5 Å². The van der Waals surface area contributed by atoms with Crippen molar-refractivity contribution < 1.29 is 9.47 Å². The van der Waals surface area contributed by atoms with Crippen molar-refractivity contribution in [2.45, 2.75) is 13.5 Å². The molecule has 0 saturated carbocycles. The van der Waals surface area contributed by atoms with E-state index in [1.807, 2.05) is 43.3 Å². The highest BCUT2D eigenvalue weighted by molar-refractivity contribution is 9.10. The van der Waals surface area contributed by atoms with Gasteiger partial charge in [0, 0.05) is 17.8 Å². The van der Waals surface area contributed by atoms with Crippen molar-refractivity contribution in [1.29, 1.82) is 0 Å². The van der Waals surface area contributed by atoms with Gasteiger partial charge in [0.25, 0.3) is 0 Å². The van der Waals surface area contributed by atoms with E-state index in [1.165, 1.54) is 0 Å². The van der Waals surface area contributed by atoms with E-state index in [2.05, 4.69) is 36.4 Å². The summed E-state index contributed by atoms with van der Waals surface area (Å²) in [6, 6.07) is 12.0. The third-order valence-electron chi connectivity index (χ3n) is 3.70. The molecule has 122 valence electrons. The molecule has 1 aromatic heterocycles. The van der Waals surface area contributed by atoms with Gasteiger partial charge in [-0.25, -0.2) is 4.98 Å². The molecule has 1 aliphatic rings. The summed E-state index contributed by atoms with van der Waals surface area (Å²) in [6.45, 7) is 2.82. The van der Waals surface area contributed by atoms with Crippen LogP contribution in [-0.4, -0.2) is 22.0 Å². The van der Waals surface area contributed by atoms with Crippen molar-refractivity contribution in [3.63, 3.8) is 0 Å². The van der Waals surface area contributed by atoms with Gasteiger partial charge in [0.15, 0.2) is 17.3 Å². The molecule has 0 bridgehead atoms. The zero-order valence-corrected chi connectivity index (χ0v) is 14.6. The number of ether oxygens (including phenoxy) is 2. The predicted molar refractivity (Wildman–Crippen MR) is 94.1 cm³/mol. The second-order valence-electron chi connectivity index (χ2n) is 5.49. The highest BCUT2D eigenvalue weighted by Gasteiger charge is 2.17. The van der Waals surface area contributed by atoms with Crippen LogP contribution < -0.4 is 14.8 Å². The fourth-order valence-electron chi connectivity index (χ4n) is 2.57. The van der Waals surface area contributed by atoms with Crippen LogP contribution in [0.15, 0.2) is 40.9 Å². The van der Waals surface area contributed by atoms with E-state index in [0.29, 0.717) is 12.4 Å². The molecular weight excluding hydrogens is 372 g/mol. The standard InChI is InChI=1S/C17H15BrN4O2/c1-10-20-17(22-21-10)12-3-2-4-13(7-12)19-8-11-5-14(18)16-15(6-11)23-9-24-16/h2-7,19H,8-9H2,1H3,(H,20,21,22). The largest absolute Gasteiger partial charge is 0.454 e. The zero-order valence-electron chi connectivity index (χ0n) is 13.0. The molecular formula is C17H15BrN4O2. The quantitative estimate of drug-likeness (QED) is 0.711. The monoisotopic (exact) mass is 386 g/mol. The lowest BCUT2D eigenvalue weighted by Crippen LogP contribution is -2.00. The average molecular weight is 387 g/mol. The molecule has 2 heterocycles. The van der Waals surface area contributed by atoms with Crippen LogP contribution in [0.2, 0.25) is 0 Å². The van der Waals surface area contributed by atoms with Crippen LogP contribution in [0.4, 0.5) is 5.69 Å². The highest BCUT2D eigenvalue weighted by Crippen LogP contribution is 2.40. The zero-order chi connectivity index (χ0) is 16.5. The van der Waals surface area contributed by atoms with Crippen LogP contribution in [0.25, 0.3) is 11.4 Å². The van der Waals surface area contributed by atoms with E-state index in [0.717, 1.165) is 38.6 Å². The van der Waals surface area contributed by atoms with Gasteiger partial charge in [-0.1, -0.05) is 12.1 Å². The summed E-state index contributed by atoms with van der Waals surface area (Å²) in [5.74, 6) is 3.03. The maximum atomic E-state index is 5.45. The minimum atomic E-state index is 0.267. The van der Waals surface area contributed by atoms with Crippen LogP contribution >= 0.6 is 15.9 Å². The molecule has 3 aromatic rings. The maximum Gasteiger partial charge on any atom is 0.231 e. The number of hydrogen-bond donors (Lipinski definition) is 2. The summed E-state index contributed by atoms with van der Waals surface area (Å²) >= 11 is 3.52. The summed E-state index contributed by atoms with van der Waals surface area (Å²) in [4.78, 5) is 4.36. The SMILES string of the molecule is Cc1nc(-c2cccc(NCc3cc(Br)c4c(c3)OCO4)c2)n[nH]1. The molecule has 2 aromatic carbocycles. The lowest BCUT2D eigenvalue weighted by molar-refractivity contribution is 0.173. The average Bonchev–Trinajstić information content (AvgIpc) is 3.22. The highest BCUT2D eigenvalue weighted by atomic mass is 79.9. The van der Waals surface area contributed by atoms with E-state index in [-0.39, 0.29) is 6.79 Å². The van der Waals surface area contributed by atoms with Crippen molar-refractivity contribution in [3.8, 4) is 22.9 Å². The second-order valence-corrected chi connectivity index (χ2v) is 6.34. The Morgan fingerprint density at radius 3 is 3.00 bits per heavy atom. The number of H-pyrrole nitrogens is 1. The summed E-state index contributed by atoms with van der Waals surface area (Å²) in [5.41, 5.74) is 3.07. The van der Waals surface area contributed by atoms with Gasteiger partial charge in [-0.05, 0) is 52.7 Å². The molecule has 2 N–H and O–H groups in total.